The smallest absolute Gasteiger partial charge is 0.165 e. The number of rotatable bonds is 1. The van der Waals surface area contributed by atoms with Gasteiger partial charge in [-0.15, -0.1) is 10.2 Å². The minimum absolute atomic E-state index is 0.725. The van der Waals surface area contributed by atoms with Gasteiger partial charge in [0.25, 0.3) is 0 Å². The second kappa shape index (κ2) is 3.14. The topological polar surface area (TPSA) is 56.7 Å². The highest BCUT2D eigenvalue weighted by atomic mass is 15.3. The summed E-state index contributed by atoms with van der Waals surface area (Å²) in [6, 6.07) is 7.65. The Bertz CT molecular complexity index is 459. The first-order valence-electron chi connectivity index (χ1n) is 4.41. The summed E-state index contributed by atoms with van der Waals surface area (Å²) in [7, 11) is 1.93. The molecule has 72 valence electrons. The van der Waals surface area contributed by atoms with Gasteiger partial charge in [-0.3, -0.25) is 0 Å². The second-order valence-electron chi connectivity index (χ2n) is 3.22. The standard InChI is InChI=1S/C10H12N4/c1-7-12-13-10(14(7)2)8-5-3-4-6-9(8)11/h3-6H,11H2,1-2H3. The Labute approximate surface area is 82.4 Å². The largest absolute Gasteiger partial charge is 0.398 e. The molecular formula is C10H12N4. The number of para-hydroxylation sites is 1. The fourth-order valence-corrected chi connectivity index (χ4v) is 1.34. The van der Waals surface area contributed by atoms with Crippen LogP contribution in [0.1, 0.15) is 5.82 Å². The number of aryl methyl sites for hydroxylation is 1. The van der Waals surface area contributed by atoms with Crippen LogP contribution in [0, 0.1) is 6.92 Å². The molecule has 0 spiro atoms. The van der Waals surface area contributed by atoms with E-state index >= 15 is 0 Å². The molecule has 2 aromatic rings. The number of aromatic nitrogens is 3. The van der Waals surface area contributed by atoms with Gasteiger partial charge in [0, 0.05) is 18.3 Å². The zero-order valence-corrected chi connectivity index (χ0v) is 8.23. The Morgan fingerprint density at radius 2 is 1.93 bits per heavy atom. The molecule has 0 saturated carbocycles. The van der Waals surface area contributed by atoms with Crippen LogP contribution in [0.25, 0.3) is 11.4 Å². The molecule has 2 rings (SSSR count). The third-order valence-electron chi connectivity index (χ3n) is 2.29. The molecule has 1 aromatic carbocycles. The van der Waals surface area contributed by atoms with E-state index in [-0.39, 0.29) is 0 Å². The molecule has 4 heteroatoms. The molecule has 0 unspecified atom stereocenters. The van der Waals surface area contributed by atoms with Crippen LogP contribution in [-0.2, 0) is 7.05 Å². The number of benzene rings is 1. The molecule has 0 atom stereocenters. The van der Waals surface area contributed by atoms with Crippen LogP contribution < -0.4 is 5.73 Å². The summed E-state index contributed by atoms with van der Waals surface area (Å²) in [6.45, 7) is 1.91. The van der Waals surface area contributed by atoms with E-state index in [2.05, 4.69) is 10.2 Å². The lowest BCUT2D eigenvalue weighted by atomic mass is 10.2. The van der Waals surface area contributed by atoms with Crippen LogP contribution in [-0.4, -0.2) is 14.8 Å². The Kier molecular flexibility index (Phi) is 1.96. The lowest BCUT2D eigenvalue weighted by molar-refractivity contribution is 0.865. The molecule has 1 heterocycles. The van der Waals surface area contributed by atoms with Crippen LogP contribution in [0.4, 0.5) is 5.69 Å². The third kappa shape index (κ3) is 1.25. The maximum absolute atomic E-state index is 5.85. The predicted octanol–water partition coefficient (Wildman–Crippen LogP) is 1.37. The van der Waals surface area contributed by atoms with Crippen molar-refractivity contribution in [1.82, 2.24) is 14.8 Å². The average Bonchev–Trinajstić information content (AvgIpc) is 2.49. The van der Waals surface area contributed by atoms with Crippen molar-refractivity contribution in [2.24, 2.45) is 7.05 Å². The van der Waals surface area contributed by atoms with E-state index in [1.165, 1.54) is 0 Å². The molecule has 0 saturated heterocycles. The number of nitrogens with two attached hydrogens (primary N) is 1. The van der Waals surface area contributed by atoms with Gasteiger partial charge in [0.15, 0.2) is 5.82 Å². The van der Waals surface area contributed by atoms with Gasteiger partial charge in [-0.05, 0) is 19.1 Å². The zero-order chi connectivity index (χ0) is 10.1. The predicted molar refractivity (Wildman–Crippen MR) is 55.6 cm³/mol. The van der Waals surface area contributed by atoms with Crippen molar-refractivity contribution in [3.63, 3.8) is 0 Å². The number of hydrogen-bond donors (Lipinski definition) is 1. The molecule has 0 fully saturated rings. The minimum atomic E-state index is 0.725. The number of nitrogen functional groups attached to an aromatic ring is 1. The van der Waals surface area contributed by atoms with Gasteiger partial charge in [0.05, 0.1) is 0 Å². The summed E-state index contributed by atoms with van der Waals surface area (Å²) >= 11 is 0. The molecule has 4 nitrogen and oxygen atoms in total. The molecular weight excluding hydrogens is 176 g/mol. The van der Waals surface area contributed by atoms with E-state index < -0.39 is 0 Å². The highest BCUT2D eigenvalue weighted by molar-refractivity contribution is 5.71. The number of hydrogen-bond acceptors (Lipinski definition) is 3. The molecule has 0 radical (unpaired) electrons. The molecule has 0 amide bonds. The average molecular weight is 188 g/mol. The van der Waals surface area contributed by atoms with Crippen LogP contribution >= 0.6 is 0 Å². The summed E-state index contributed by atoms with van der Waals surface area (Å²) < 4.78 is 1.92. The Morgan fingerprint density at radius 1 is 1.21 bits per heavy atom. The van der Waals surface area contributed by atoms with Crippen molar-refractivity contribution < 1.29 is 0 Å². The van der Waals surface area contributed by atoms with Crippen molar-refractivity contribution in [3.8, 4) is 11.4 Å². The lowest BCUT2D eigenvalue weighted by Crippen LogP contribution is -1.97. The van der Waals surface area contributed by atoms with Gasteiger partial charge >= 0.3 is 0 Å². The Morgan fingerprint density at radius 3 is 2.50 bits per heavy atom. The fraction of sp³-hybridized carbons (Fsp3) is 0.200. The van der Waals surface area contributed by atoms with E-state index in [1.807, 2.05) is 42.8 Å². The van der Waals surface area contributed by atoms with Gasteiger partial charge in [-0.1, -0.05) is 12.1 Å². The lowest BCUT2D eigenvalue weighted by Gasteiger charge is -2.04. The summed E-state index contributed by atoms with van der Waals surface area (Å²) in [5.41, 5.74) is 7.50. The molecule has 1 aromatic heterocycles. The number of nitrogens with zero attached hydrogens (tertiary/aromatic N) is 3. The van der Waals surface area contributed by atoms with Gasteiger partial charge in [0.2, 0.25) is 0 Å². The van der Waals surface area contributed by atoms with Crippen LogP contribution in [0.15, 0.2) is 24.3 Å². The molecule has 0 bridgehead atoms. The van der Waals surface area contributed by atoms with E-state index in [4.69, 9.17) is 5.73 Å². The quantitative estimate of drug-likeness (QED) is 0.688. The van der Waals surface area contributed by atoms with E-state index in [0.717, 1.165) is 22.9 Å². The van der Waals surface area contributed by atoms with E-state index in [0.29, 0.717) is 0 Å². The monoisotopic (exact) mass is 188 g/mol. The minimum Gasteiger partial charge on any atom is -0.398 e. The van der Waals surface area contributed by atoms with E-state index in [1.54, 1.807) is 0 Å². The van der Waals surface area contributed by atoms with Crippen molar-refractivity contribution >= 4 is 5.69 Å². The first-order valence-corrected chi connectivity index (χ1v) is 4.41. The normalized spacial score (nSPS) is 10.4. The summed E-state index contributed by atoms with van der Waals surface area (Å²) in [4.78, 5) is 0. The first kappa shape index (κ1) is 8.74. The molecule has 0 aliphatic carbocycles. The Hall–Kier alpha value is -1.84. The summed E-state index contributed by atoms with van der Waals surface area (Å²) in [6.07, 6.45) is 0. The maximum Gasteiger partial charge on any atom is 0.165 e. The Balaban J connectivity index is 2.60. The highest BCUT2D eigenvalue weighted by Crippen LogP contribution is 2.23. The van der Waals surface area contributed by atoms with Crippen molar-refractivity contribution in [3.05, 3.63) is 30.1 Å². The fourth-order valence-electron chi connectivity index (χ4n) is 1.34. The van der Waals surface area contributed by atoms with E-state index in [9.17, 15) is 0 Å². The first-order chi connectivity index (χ1) is 6.70. The molecule has 14 heavy (non-hydrogen) atoms. The zero-order valence-electron chi connectivity index (χ0n) is 8.23. The highest BCUT2D eigenvalue weighted by Gasteiger charge is 2.09. The summed E-state index contributed by atoms with van der Waals surface area (Å²) in [5, 5.41) is 8.07. The van der Waals surface area contributed by atoms with Gasteiger partial charge < -0.3 is 10.3 Å². The molecule has 0 aliphatic rings. The van der Waals surface area contributed by atoms with Gasteiger partial charge in [-0.25, -0.2) is 0 Å². The van der Waals surface area contributed by atoms with Crippen LogP contribution in [0.3, 0.4) is 0 Å². The van der Waals surface area contributed by atoms with Crippen molar-refractivity contribution in [1.29, 1.82) is 0 Å². The van der Waals surface area contributed by atoms with Gasteiger partial charge in [-0.2, -0.15) is 0 Å². The van der Waals surface area contributed by atoms with Crippen LogP contribution in [0.5, 0.6) is 0 Å². The summed E-state index contributed by atoms with van der Waals surface area (Å²) in [5.74, 6) is 1.68. The molecule has 0 aliphatic heterocycles. The van der Waals surface area contributed by atoms with Crippen LogP contribution in [0.2, 0.25) is 0 Å². The van der Waals surface area contributed by atoms with Crippen molar-refractivity contribution in [2.45, 2.75) is 6.92 Å². The van der Waals surface area contributed by atoms with Gasteiger partial charge in [0.1, 0.15) is 5.82 Å². The van der Waals surface area contributed by atoms with Crippen molar-refractivity contribution in [2.75, 3.05) is 5.73 Å². The SMILES string of the molecule is Cc1nnc(-c2ccccc2N)n1C. The molecule has 2 N–H and O–H groups in total. The second-order valence-corrected chi connectivity index (χ2v) is 3.22. The number of anilines is 1. The maximum atomic E-state index is 5.85. The third-order valence-corrected chi connectivity index (χ3v) is 2.29.